The lowest BCUT2D eigenvalue weighted by atomic mass is 10.1. The van der Waals surface area contributed by atoms with Gasteiger partial charge in [0.15, 0.2) is 0 Å². The first-order valence-electron chi connectivity index (χ1n) is 5.77. The molecule has 0 bridgehead atoms. The quantitative estimate of drug-likeness (QED) is 0.889. The maximum atomic E-state index is 12.9. The summed E-state index contributed by atoms with van der Waals surface area (Å²) in [6.45, 7) is 0.713. The molecule has 0 aliphatic rings. The topological polar surface area (TPSA) is 35.8 Å². The number of nitriles is 1. The van der Waals surface area contributed by atoms with Gasteiger partial charge in [0, 0.05) is 6.54 Å². The van der Waals surface area contributed by atoms with Gasteiger partial charge in [0.1, 0.15) is 11.9 Å². The SMILES string of the molecule is N#Cc1cc(F)ccc1NCCc1ccccc1. The highest BCUT2D eigenvalue weighted by molar-refractivity contribution is 5.57. The fraction of sp³-hybridized carbons (Fsp3) is 0.133. The van der Waals surface area contributed by atoms with Gasteiger partial charge in [-0.3, -0.25) is 0 Å². The van der Waals surface area contributed by atoms with Crippen LogP contribution in [0.25, 0.3) is 0 Å². The maximum Gasteiger partial charge on any atom is 0.124 e. The van der Waals surface area contributed by atoms with Crippen molar-refractivity contribution in [2.75, 3.05) is 11.9 Å². The summed E-state index contributed by atoms with van der Waals surface area (Å²) in [6, 6.07) is 16.2. The summed E-state index contributed by atoms with van der Waals surface area (Å²) >= 11 is 0. The van der Waals surface area contributed by atoms with Crippen LogP contribution in [0.1, 0.15) is 11.1 Å². The molecule has 0 atom stereocenters. The molecule has 0 aliphatic heterocycles. The Balaban J connectivity index is 1.97. The molecule has 0 radical (unpaired) electrons. The van der Waals surface area contributed by atoms with Crippen molar-refractivity contribution < 1.29 is 4.39 Å². The van der Waals surface area contributed by atoms with Crippen molar-refractivity contribution in [3.8, 4) is 6.07 Å². The highest BCUT2D eigenvalue weighted by atomic mass is 19.1. The third-order valence-electron chi connectivity index (χ3n) is 2.67. The van der Waals surface area contributed by atoms with E-state index in [0.29, 0.717) is 17.8 Å². The van der Waals surface area contributed by atoms with Gasteiger partial charge in [-0.15, -0.1) is 0 Å². The lowest BCUT2D eigenvalue weighted by Crippen LogP contribution is -2.06. The molecule has 2 rings (SSSR count). The minimum atomic E-state index is -0.389. The second-order valence-electron chi connectivity index (χ2n) is 3.96. The van der Waals surface area contributed by atoms with E-state index in [0.717, 1.165) is 6.42 Å². The van der Waals surface area contributed by atoms with Gasteiger partial charge in [-0.2, -0.15) is 5.26 Å². The van der Waals surface area contributed by atoms with Gasteiger partial charge in [0.05, 0.1) is 11.3 Å². The number of nitrogens with one attached hydrogen (secondary N) is 1. The van der Waals surface area contributed by atoms with Gasteiger partial charge in [-0.25, -0.2) is 4.39 Å². The third kappa shape index (κ3) is 3.08. The van der Waals surface area contributed by atoms with Crippen molar-refractivity contribution in [1.29, 1.82) is 5.26 Å². The van der Waals surface area contributed by atoms with Crippen molar-refractivity contribution >= 4 is 5.69 Å². The van der Waals surface area contributed by atoms with Gasteiger partial charge in [0.2, 0.25) is 0 Å². The number of hydrogen-bond acceptors (Lipinski definition) is 2. The molecule has 18 heavy (non-hydrogen) atoms. The first kappa shape index (κ1) is 12.1. The zero-order valence-corrected chi connectivity index (χ0v) is 9.86. The Bertz CT molecular complexity index is 558. The Morgan fingerprint density at radius 2 is 1.89 bits per heavy atom. The highest BCUT2D eigenvalue weighted by Crippen LogP contribution is 2.15. The number of hydrogen-bond donors (Lipinski definition) is 1. The van der Waals surface area contributed by atoms with Gasteiger partial charge in [-0.05, 0) is 30.2 Å². The molecule has 3 heteroatoms. The number of halogens is 1. The predicted molar refractivity (Wildman–Crippen MR) is 69.8 cm³/mol. The molecular formula is C15H13FN2. The van der Waals surface area contributed by atoms with E-state index in [2.05, 4.69) is 17.4 Å². The van der Waals surface area contributed by atoms with E-state index in [4.69, 9.17) is 5.26 Å². The summed E-state index contributed by atoms with van der Waals surface area (Å²) in [6.07, 6.45) is 0.864. The number of nitrogens with zero attached hydrogens (tertiary/aromatic N) is 1. The average molecular weight is 240 g/mol. The van der Waals surface area contributed by atoms with E-state index in [1.807, 2.05) is 24.3 Å². The zero-order chi connectivity index (χ0) is 12.8. The lowest BCUT2D eigenvalue weighted by Gasteiger charge is -2.08. The molecule has 2 aromatic rings. The standard InChI is InChI=1S/C15H13FN2/c16-14-6-7-15(13(10-14)11-17)18-9-8-12-4-2-1-3-5-12/h1-7,10,18H,8-9H2. The molecule has 2 aromatic carbocycles. The predicted octanol–water partition coefficient (Wildman–Crippen LogP) is 3.35. The number of anilines is 1. The first-order chi connectivity index (χ1) is 8.79. The van der Waals surface area contributed by atoms with E-state index in [1.165, 1.54) is 17.7 Å². The Morgan fingerprint density at radius 1 is 1.11 bits per heavy atom. The monoisotopic (exact) mass is 240 g/mol. The van der Waals surface area contributed by atoms with E-state index in [-0.39, 0.29) is 5.82 Å². The summed E-state index contributed by atoms with van der Waals surface area (Å²) in [5.41, 5.74) is 2.24. The Hall–Kier alpha value is -2.34. The van der Waals surface area contributed by atoms with Crippen LogP contribution < -0.4 is 5.32 Å². The van der Waals surface area contributed by atoms with Crippen LogP contribution >= 0.6 is 0 Å². The van der Waals surface area contributed by atoms with Crippen molar-refractivity contribution in [1.82, 2.24) is 0 Å². The average Bonchev–Trinajstić information content (AvgIpc) is 2.41. The van der Waals surface area contributed by atoms with Crippen LogP contribution in [0, 0.1) is 17.1 Å². The molecule has 0 saturated carbocycles. The Labute approximate surface area is 106 Å². The van der Waals surface area contributed by atoms with Crippen molar-refractivity contribution in [3.63, 3.8) is 0 Å². The number of benzene rings is 2. The van der Waals surface area contributed by atoms with E-state index in [9.17, 15) is 4.39 Å². The largest absolute Gasteiger partial charge is 0.384 e. The molecule has 0 amide bonds. The summed E-state index contributed by atoms with van der Waals surface area (Å²) in [7, 11) is 0. The fourth-order valence-electron chi connectivity index (χ4n) is 1.75. The Morgan fingerprint density at radius 3 is 2.61 bits per heavy atom. The van der Waals surface area contributed by atoms with Gasteiger partial charge in [0.25, 0.3) is 0 Å². The van der Waals surface area contributed by atoms with Crippen molar-refractivity contribution in [3.05, 3.63) is 65.5 Å². The van der Waals surface area contributed by atoms with Gasteiger partial charge >= 0.3 is 0 Å². The molecule has 0 fully saturated rings. The molecule has 1 N–H and O–H groups in total. The van der Waals surface area contributed by atoms with Crippen LogP contribution in [0.5, 0.6) is 0 Å². The first-order valence-corrected chi connectivity index (χ1v) is 5.77. The van der Waals surface area contributed by atoms with Crippen LogP contribution in [0.3, 0.4) is 0 Å². The van der Waals surface area contributed by atoms with Crippen LogP contribution in [0.15, 0.2) is 48.5 Å². The molecule has 0 saturated heterocycles. The van der Waals surface area contributed by atoms with Crippen molar-refractivity contribution in [2.24, 2.45) is 0 Å². The van der Waals surface area contributed by atoms with Crippen molar-refractivity contribution in [2.45, 2.75) is 6.42 Å². The van der Waals surface area contributed by atoms with E-state index >= 15 is 0 Å². The molecule has 0 heterocycles. The number of rotatable bonds is 4. The zero-order valence-electron chi connectivity index (χ0n) is 9.86. The van der Waals surface area contributed by atoms with Crippen LogP contribution in [0.2, 0.25) is 0 Å². The molecule has 0 spiro atoms. The van der Waals surface area contributed by atoms with E-state index < -0.39 is 0 Å². The van der Waals surface area contributed by atoms with Gasteiger partial charge < -0.3 is 5.32 Å². The molecule has 90 valence electrons. The fourth-order valence-corrected chi connectivity index (χ4v) is 1.75. The van der Waals surface area contributed by atoms with Crippen LogP contribution in [0.4, 0.5) is 10.1 Å². The maximum absolute atomic E-state index is 12.9. The summed E-state index contributed by atoms with van der Waals surface area (Å²) < 4.78 is 12.9. The summed E-state index contributed by atoms with van der Waals surface area (Å²) in [5, 5.41) is 12.1. The van der Waals surface area contributed by atoms with Gasteiger partial charge in [-0.1, -0.05) is 30.3 Å². The summed E-state index contributed by atoms with van der Waals surface area (Å²) in [4.78, 5) is 0. The second-order valence-corrected chi connectivity index (χ2v) is 3.96. The highest BCUT2D eigenvalue weighted by Gasteiger charge is 2.02. The normalized spacial score (nSPS) is 9.78. The molecule has 0 aliphatic carbocycles. The smallest absolute Gasteiger partial charge is 0.124 e. The second kappa shape index (κ2) is 5.83. The molecule has 0 aromatic heterocycles. The molecule has 2 nitrogen and oxygen atoms in total. The third-order valence-corrected chi connectivity index (χ3v) is 2.67. The molecule has 0 unspecified atom stereocenters. The Kier molecular flexibility index (Phi) is 3.93. The molecular weight excluding hydrogens is 227 g/mol. The minimum absolute atomic E-state index is 0.336. The van der Waals surface area contributed by atoms with E-state index in [1.54, 1.807) is 6.07 Å². The lowest BCUT2D eigenvalue weighted by molar-refractivity contribution is 0.627. The van der Waals surface area contributed by atoms with Crippen LogP contribution in [-0.4, -0.2) is 6.54 Å². The van der Waals surface area contributed by atoms with Crippen LogP contribution in [-0.2, 0) is 6.42 Å². The summed E-state index contributed by atoms with van der Waals surface area (Å²) in [5.74, 6) is -0.389. The minimum Gasteiger partial charge on any atom is -0.384 e.